The monoisotopic (exact) mass is 351 g/mol. The van der Waals surface area contributed by atoms with Crippen LogP contribution in [0.4, 0.5) is 0 Å². The molecule has 1 aromatic heterocycles. The first-order chi connectivity index (χ1) is 12.8. The molecule has 0 spiro atoms. The Bertz CT molecular complexity index is 803. The highest BCUT2D eigenvalue weighted by Gasteiger charge is 2.35. The number of hydrogen-bond donors (Lipinski definition) is 0. The van der Waals surface area contributed by atoms with Crippen LogP contribution >= 0.6 is 0 Å². The van der Waals surface area contributed by atoms with Crippen molar-refractivity contribution in [3.05, 3.63) is 53.2 Å². The van der Waals surface area contributed by atoms with Gasteiger partial charge in [-0.2, -0.15) is 0 Å². The SMILES string of the molecule is O=C(c1ncoc1C1CC1)N1CCC(N2CCc3ccccc3C2)CC1. The summed E-state index contributed by atoms with van der Waals surface area (Å²) in [5.74, 6) is 1.29. The lowest BCUT2D eigenvalue weighted by Gasteiger charge is -2.40. The maximum Gasteiger partial charge on any atom is 0.276 e. The lowest BCUT2D eigenvalue weighted by molar-refractivity contribution is 0.0592. The van der Waals surface area contributed by atoms with Crippen LogP contribution in [0, 0.1) is 0 Å². The number of nitrogens with zero attached hydrogens (tertiary/aromatic N) is 3. The van der Waals surface area contributed by atoms with Crippen LogP contribution in [0.5, 0.6) is 0 Å². The summed E-state index contributed by atoms with van der Waals surface area (Å²) in [5, 5.41) is 0. The van der Waals surface area contributed by atoms with Gasteiger partial charge in [-0.1, -0.05) is 24.3 Å². The summed E-state index contributed by atoms with van der Waals surface area (Å²) in [6.45, 7) is 3.81. The van der Waals surface area contributed by atoms with Crippen LogP contribution in [0.3, 0.4) is 0 Å². The Hall–Kier alpha value is -2.14. The number of piperidine rings is 1. The molecule has 3 aliphatic rings. The van der Waals surface area contributed by atoms with E-state index < -0.39 is 0 Å². The number of hydrogen-bond acceptors (Lipinski definition) is 4. The van der Waals surface area contributed by atoms with E-state index in [0.717, 1.165) is 64.0 Å². The van der Waals surface area contributed by atoms with Gasteiger partial charge in [-0.25, -0.2) is 4.98 Å². The van der Waals surface area contributed by atoms with Crippen LogP contribution in [0.15, 0.2) is 35.1 Å². The van der Waals surface area contributed by atoms with Crippen molar-refractivity contribution in [3.8, 4) is 0 Å². The van der Waals surface area contributed by atoms with Gasteiger partial charge < -0.3 is 9.32 Å². The van der Waals surface area contributed by atoms with E-state index >= 15 is 0 Å². The zero-order chi connectivity index (χ0) is 17.5. The lowest BCUT2D eigenvalue weighted by atomic mass is 9.95. The van der Waals surface area contributed by atoms with Crippen molar-refractivity contribution in [3.63, 3.8) is 0 Å². The van der Waals surface area contributed by atoms with Crippen molar-refractivity contribution in [2.45, 2.75) is 50.6 Å². The zero-order valence-electron chi connectivity index (χ0n) is 15.1. The molecule has 26 heavy (non-hydrogen) atoms. The molecule has 3 heterocycles. The molecule has 2 fully saturated rings. The number of likely N-dealkylation sites (tertiary alicyclic amines) is 1. The summed E-state index contributed by atoms with van der Waals surface area (Å²) in [6.07, 6.45) is 6.90. The fourth-order valence-corrected chi connectivity index (χ4v) is 4.46. The molecular weight excluding hydrogens is 326 g/mol. The topological polar surface area (TPSA) is 49.6 Å². The average molecular weight is 351 g/mol. The highest BCUT2D eigenvalue weighted by Crippen LogP contribution is 2.41. The molecule has 1 aromatic carbocycles. The second-order valence-corrected chi connectivity index (χ2v) is 7.85. The largest absolute Gasteiger partial charge is 0.447 e. The van der Waals surface area contributed by atoms with Crippen LogP contribution in [-0.4, -0.2) is 46.4 Å². The van der Waals surface area contributed by atoms with Crippen molar-refractivity contribution in [2.75, 3.05) is 19.6 Å². The van der Waals surface area contributed by atoms with Crippen LogP contribution in [0.1, 0.15) is 59.0 Å². The Morgan fingerprint density at radius 1 is 1.04 bits per heavy atom. The minimum absolute atomic E-state index is 0.0584. The minimum Gasteiger partial charge on any atom is -0.447 e. The van der Waals surface area contributed by atoms with Gasteiger partial charge in [0.1, 0.15) is 5.76 Å². The van der Waals surface area contributed by atoms with Gasteiger partial charge in [-0.15, -0.1) is 0 Å². The van der Waals surface area contributed by atoms with Gasteiger partial charge in [0, 0.05) is 38.1 Å². The molecule has 5 nitrogen and oxygen atoms in total. The summed E-state index contributed by atoms with van der Waals surface area (Å²) in [4.78, 5) is 21.6. The van der Waals surface area contributed by atoms with E-state index in [9.17, 15) is 4.79 Å². The molecule has 0 atom stereocenters. The van der Waals surface area contributed by atoms with Crippen LogP contribution in [0.25, 0.3) is 0 Å². The van der Waals surface area contributed by atoms with E-state index in [4.69, 9.17) is 4.42 Å². The molecule has 1 aliphatic carbocycles. The highest BCUT2D eigenvalue weighted by atomic mass is 16.3. The van der Waals surface area contributed by atoms with Gasteiger partial charge in [-0.3, -0.25) is 9.69 Å². The molecule has 2 aliphatic heterocycles. The predicted molar refractivity (Wildman–Crippen MR) is 98.0 cm³/mol. The first kappa shape index (κ1) is 16.1. The summed E-state index contributed by atoms with van der Waals surface area (Å²) < 4.78 is 5.48. The van der Waals surface area contributed by atoms with E-state index in [1.807, 2.05) is 4.90 Å². The van der Waals surface area contributed by atoms with Crippen LogP contribution < -0.4 is 0 Å². The van der Waals surface area contributed by atoms with E-state index in [2.05, 4.69) is 34.1 Å². The van der Waals surface area contributed by atoms with E-state index in [1.165, 1.54) is 17.5 Å². The molecule has 0 radical (unpaired) electrons. The first-order valence-electron chi connectivity index (χ1n) is 9.83. The second kappa shape index (κ2) is 6.54. The summed E-state index contributed by atoms with van der Waals surface area (Å²) in [5.41, 5.74) is 3.52. The fraction of sp³-hybridized carbons (Fsp3) is 0.524. The van der Waals surface area contributed by atoms with E-state index in [1.54, 1.807) is 0 Å². The number of aromatic nitrogens is 1. The smallest absolute Gasteiger partial charge is 0.276 e. The van der Waals surface area contributed by atoms with Gasteiger partial charge in [0.15, 0.2) is 12.1 Å². The molecule has 1 saturated heterocycles. The maximum absolute atomic E-state index is 12.9. The van der Waals surface area contributed by atoms with Gasteiger partial charge >= 0.3 is 0 Å². The minimum atomic E-state index is 0.0584. The Balaban J connectivity index is 1.21. The number of carbonyl (C=O) groups excluding carboxylic acids is 1. The number of oxazole rings is 1. The van der Waals surface area contributed by atoms with E-state index in [-0.39, 0.29) is 5.91 Å². The zero-order valence-corrected chi connectivity index (χ0v) is 15.1. The van der Waals surface area contributed by atoms with Gasteiger partial charge in [0.2, 0.25) is 0 Å². The number of benzene rings is 1. The fourth-order valence-electron chi connectivity index (χ4n) is 4.46. The maximum atomic E-state index is 12.9. The Kier molecular flexibility index (Phi) is 4.04. The third kappa shape index (κ3) is 2.94. The quantitative estimate of drug-likeness (QED) is 0.852. The number of rotatable bonds is 3. The normalized spacial score (nSPS) is 21.6. The lowest BCUT2D eigenvalue weighted by Crippen LogP contribution is -2.48. The number of amides is 1. The first-order valence-corrected chi connectivity index (χ1v) is 9.83. The molecule has 1 amide bonds. The number of fused-ring (bicyclic) bond motifs is 1. The van der Waals surface area contributed by atoms with Crippen molar-refractivity contribution >= 4 is 5.91 Å². The molecule has 2 aromatic rings. The second-order valence-electron chi connectivity index (χ2n) is 7.85. The molecule has 0 unspecified atom stereocenters. The van der Waals surface area contributed by atoms with Crippen molar-refractivity contribution < 1.29 is 9.21 Å². The predicted octanol–water partition coefficient (Wildman–Crippen LogP) is 3.21. The van der Waals surface area contributed by atoms with Crippen LogP contribution in [-0.2, 0) is 13.0 Å². The Morgan fingerprint density at radius 2 is 1.81 bits per heavy atom. The Labute approximate surface area is 154 Å². The third-order valence-corrected chi connectivity index (χ3v) is 6.17. The molecule has 1 saturated carbocycles. The molecule has 0 N–H and O–H groups in total. The summed E-state index contributed by atoms with van der Waals surface area (Å²) in [6, 6.07) is 9.36. The van der Waals surface area contributed by atoms with Gasteiger partial charge in [0.25, 0.3) is 5.91 Å². The molecular formula is C21H25N3O2. The molecule has 136 valence electrons. The molecule has 5 heteroatoms. The molecule has 5 rings (SSSR count). The third-order valence-electron chi connectivity index (χ3n) is 6.17. The average Bonchev–Trinajstić information content (AvgIpc) is 3.43. The Morgan fingerprint density at radius 3 is 2.58 bits per heavy atom. The highest BCUT2D eigenvalue weighted by molar-refractivity contribution is 5.93. The summed E-state index contributed by atoms with van der Waals surface area (Å²) >= 11 is 0. The van der Waals surface area contributed by atoms with Crippen molar-refractivity contribution in [1.82, 2.24) is 14.8 Å². The van der Waals surface area contributed by atoms with E-state index in [0.29, 0.717) is 17.7 Å². The molecule has 0 bridgehead atoms. The standard InChI is InChI=1S/C21H25N3O2/c25-21(19-20(16-5-6-16)26-14-22-19)23-11-8-18(9-12-23)24-10-7-15-3-1-2-4-17(15)13-24/h1-4,14,16,18H,5-13H2. The van der Waals surface area contributed by atoms with Crippen molar-refractivity contribution in [2.24, 2.45) is 0 Å². The van der Waals surface area contributed by atoms with Crippen molar-refractivity contribution in [1.29, 1.82) is 0 Å². The number of carbonyl (C=O) groups is 1. The van der Waals surface area contributed by atoms with Crippen LogP contribution in [0.2, 0.25) is 0 Å². The van der Waals surface area contributed by atoms with Gasteiger partial charge in [-0.05, 0) is 43.2 Å². The summed E-state index contributed by atoms with van der Waals surface area (Å²) in [7, 11) is 0. The van der Waals surface area contributed by atoms with Gasteiger partial charge in [0.05, 0.1) is 0 Å².